The van der Waals surface area contributed by atoms with Gasteiger partial charge in [0.25, 0.3) is 0 Å². The van der Waals surface area contributed by atoms with Crippen molar-refractivity contribution < 1.29 is 18.4 Å². The topological polar surface area (TPSA) is 106 Å². The monoisotopic (exact) mass is 539 g/mol. The van der Waals surface area contributed by atoms with Crippen LogP contribution in [0.3, 0.4) is 0 Å². The molecule has 0 spiro atoms. The fourth-order valence-electron chi connectivity index (χ4n) is 3.27. The third-order valence-corrected chi connectivity index (χ3v) is 5.28. The van der Waals surface area contributed by atoms with Gasteiger partial charge in [0.05, 0.1) is 10.9 Å². The average Bonchev–Trinajstić information content (AvgIpc) is 2.75. The van der Waals surface area contributed by atoms with Gasteiger partial charge < -0.3 is 33.7 Å². The Morgan fingerprint density at radius 3 is 1.97 bits per heavy atom. The number of nitrogens with one attached hydrogen (secondary N) is 3. The summed E-state index contributed by atoms with van der Waals surface area (Å²) in [6.45, 7) is 4.17. The molecule has 1 aromatic rings. The average molecular weight is 541 g/mol. The molecule has 2 aliphatic rings. The second-order valence-corrected chi connectivity index (χ2v) is 9.21. The molecule has 0 unspecified atom stereocenters. The molecule has 3 heterocycles. The zero-order valence-electron chi connectivity index (χ0n) is 20.1. The molecule has 5 N–H and O–H groups in total. The molecular formula is C23H45Cl3N8. The van der Waals surface area contributed by atoms with E-state index in [1.165, 1.54) is 0 Å². The minimum atomic E-state index is 0. The first-order valence-corrected chi connectivity index (χ1v) is 11.7. The van der Waals surface area contributed by atoms with Gasteiger partial charge in [0.1, 0.15) is 25.0 Å². The van der Waals surface area contributed by atoms with Crippen LogP contribution in [0.25, 0.3) is 0 Å². The van der Waals surface area contributed by atoms with Gasteiger partial charge in [-0.05, 0) is 51.9 Å². The van der Waals surface area contributed by atoms with Crippen molar-refractivity contribution in [3.05, 3.63) is 34.5 Å². The Labute approximate surface area is 223 Å². The molecule has 11 heteroatoms. The number of piperidine rings is 2. The number of hydrogen-bond donors (Lipinski definition) is 4. The first-order chi connectivity index (χ1) is 15.2. The maximum Gasteiger partial charge on any atom is 0.183 e. The van der Waals surface area contributed by atoms with Crippen LogP contribution in [0.2, 0.25) is 5.02 Å². The second kappa shape index (κ2) is 19.8. The molecule has 0 atom stereocenters. The van der Waals surface area contributed by atoms with Crippen molar-refractivity contribution in [2.45, 2.75) is 39.0 Å². The first-order valence-electron chi connectivity index (χ1n) is 11.0. The Balaban J connectivity index is -0.000000430. The van der Waals surface area contributed by atoms with E-state index in [1.54, 1.807) is 12.4 Å². The van der Waals surface area contributed by atoms with Crippen LogP contribution < -0.4 is 28.8 Å². The number of halogens is 3. The lowest BCUT2D eigenvalue weighted by Crippen LogP contribution is -3.00. The Morgan fingerprint density at radius 2 is 1.59 bits per heavy atom. The van der Waals surface area contributed by atoms with Crippen LogP contribution in [-0.2, 0) is 0 Å². The minimum absolute atomic E-state index is 0. The summed E-state index contributed by atoms with van der Waals surface area (Å²) in [5.41, 5.74) is 5.32. The molecule has 0 aromatic carbocycles. The highest BCUT2D eigenvalue weighted by Crippen LogP contribution is 2.21. The number of rotatable bonds is 4. The Bertz CT molecular complexity index is 729. The summed E-state index contributed by atoms with van der Waals surface area (Å²) in [5.74, 6) is 2.16. The van der Waals surface area contributed by atoms with E-state index < -0.39 is 0 Å². The van der Waals surface area contributed by atoms with Crippen LogP contribution in [0.1, 0.15) is 46.3 Å². The molecule has 2 aliphatic heterocycles. The fraction of sp³-hybridized carbons (Fsp3) is 0.652. The van der Waals surface area contributed by atoms with Gasteiger partial charge >= 0.3 is 0 Å². The molecule has 3 rings (SSSR count). The first kappa shape index (κ1) is 34.7. The van der Waals surface area contributed by atoms with Crippen LogP contribution in [0.4, 0.5) is 0 Å². The zero-order valence-corrected chi connectivity index (χ0v) is 22.4. The van der Waals surface area contributed by atoms with Gasteiger partial charge in [0, 0.05) is 46.0 Å². The van der Waals surface area contributed by atoms with Crippen molar-refractivity contribution in [1.82, 2.24) is 25.5 Å². The Kier molecular flexibility index (Phi) is 20.2. The molecule has 0 radical (unpaired) electrons. The van der Waals surface area contributed by atoms with E-state index in [2.05, 4.69) is 20.6 Å². The molecular weight excluding hydrogens is 495 g/mol. The summed E-state index contributed by atoms with van der Waals surface area (Å²) in [5, 5.41) is 15.0. The maximum atomic E-state index is 7.14. The van der Waals surface area contributed by atoms with Gasteiger partial charge in [0.15, 0.2) is 6.21 Å². The van der Waals surface area contributed by atoms with Crippen molar-refractivity contribution >= 4 is 35.3 Å². The van der Waals surface area contributed by atoms with Crippen molar-refractivity contribution in [2.75, 3.05) is 54.4 Å². The molecule has 198 valence electrons. The number of allylic oxidation sites excluding steroid dienone is 1. The second-order valence-electron chi connectivity index (χ2n) is 8.33. The largest absolute Gasteiger partial charge is 1.00 e. The van der Waals surface area contributed by atoms with Crippen LogP contribution >= 0.6 is 23.2 Å². The molecule has 0 amide bonds. The highest BCUT2D eigenvalue weighted by atomic mass is 35.5. The van der Waals surface area contributed by atoms with E-state index >= 15 is 0 Å². The van der Waals surface area contributed by atoms with Crippen molar-refractivity contribution in [3.8, 4) is 0 Å². The third-order valence-electron chi connectivity index (χ3n) is 4.89. The summed E-state index contributed by atoms with van der Waals surface area (Å²) in [7, 11) is 7.75. The smallest absolute Gasteiger partial charge is 0.183 e. The summed E-state index contributed by atoms with van der Waals surface area (Å²) in [6.07, 6.45) is 11.4. The summed E-state index contributed by atoms with van der Waals surface area (Å²) in [4.78, 5) is 10.4. The van der Waals surface area contributed by atoms with Crippen LogP contribution in [-0.4, -0.2) is 85.9 Å². The third kappa shape index (κ3) is 16.2. The molecule has 1 aromatic heterocycles. The Morgan fingerprint density at radius 1 is 1.12 bits per heavy atom. The summed E-state index contributed by atoms with van der Waals surface area (Å²) < 4.78 is 1.91. The van der Waals surface area contributed by atoms with Gasteiger partial charge in [-0.3, -0.25) is 5.41 Å². The molecule has 2 fully saturated rings. The van der Waals surface area contributed by atoms with Crippen LogP contribution in [0.15, 0.2) is 23.6 Å². The predicted octanol–water partition coefficient (Wildman–Crippen LogP) is 0.376. The van der Waals surface area contributed by atoms with E-state index in [4.69, 9.17) is 34.3 Å². The highest BCUT2D eigenvalue weighted by Gasteiger charge is 2.17. The highest BCUT2D eigenvalue weighted by molar-refractivity contribution is 6.38. The molecule has 8 nitrogen and oxygen atoms in total. The van der Waals surface area contributed by atoms with E-state index in [-0.39, 0.29) is 21.3 Å². The van der Waals surface area contributed by atoms with Crippen molar-refractivity contribution in [3.63, 3.8) is 0 Å². The summed E-state index contributed by atoms with van der Waals surface area (Å²) in [6, 6.07) is 0. The maximum absolute atomic E-state index is 7.14. The number of aromatic nitrogens is 2. The van der Waals surface area contributed by atoms with Gasteiger partial charge in [-0.25, -0.2) is 14.5 Å². The van der Waals surface area contributed by atoms with E-state index in [0.717, 1.165) is 62.7 Å². The van der Waals surface area contributed by atoms with E-state index in [1.807, 2.05) is 50.1 Å². The molecule has 34 heavy (non-hydrogen) atoms. The lowest BCUT2D eigenvalue weighted by Gasteiger charge is -2.20. The SMILES string of the molecule is C.CN(C)/C=C(\Cl)C=[N+](C)C.Clc1cnc(C2CCNCC2)nc1.N=C(N)C1CCNCC1.[2HH].[Cl-]. The molecule has 0 saturated carbocycles. The van der Waals surface area contributed by atoms with Crippen LogP contribution in [0, 0.1) is 11.3 Å². The Hall–Kier alpha value is -1.45. The van der Waals surface area contributed by atoms with E-state index in [9.17, 15) is 0 Å². The fourth-order valence-corrected chi connectivity index (χ4v) is 3.76. The molecule has 0 aliphatic carbocycles. The van der Waals surface area contributed by atoms with E-state index in [0.29, 0.717) is 22.7 Å². The molecule has 2 saturated heterocycles. The van der Waals surface area contributed by atoms with Crippen molar-refractivity contribution in [2.24, 2.45) is 11.7 Å². The number of nitrogens with zero attached hydrogens (tertiary/aromatic N) is 4. The molecule has 0 bridgehead atoms. The predicted molar refractivity (Wildman–Crippen MR) is 144 cm³/mol. The normalized spacial score (nSPS) is 16.2. The van der Waals surface area contributed by atoms with Crippen molar-refractivity contribution in [1.29, 1.82) is 5.41 Å². The number of nitrogens with two attached hydrogens (primary N) is 1. The lowest BCUT2D eigenvalue weighted by molar-refractivity contribution is -0.458. The minimum Gasteiger partial charge on any atom is -1.00 e. The quantitative estimate of drug-likeness (QED) is 0.250. The van der Waals surface area contributed by atoms with Gasteiger partial charge in [-0.2, -0.15) is 0 Å². The van der Waals surface area contributed by atoms with Gasteiger partial charge in [-0.1, -0.05) is 30.6 Å². The zero-order chi connectivity index (χ0) is 23.9. The number of hydrogen-bond acceptors (Lipinski definition) is 6. The summed E-state index contributed by atoms with van der Waals surface area (Å²) >= 11 is 11.5. The van der Waals surface area contributed by atoms with Gasteiger partial charge in [-0.15, -0.1) is 0 Å². The standard InChI is InChI=1S/C9H12ClN3.C7H14ClN2.C6H13N3.CH4.ClH.H2/c10-8-5-12-9(13-6-8)7-1-3-11-4-2-7;1-9(2)5-7(8)6-10(3)4;7-6(8)5-1-3-9-4-2-5;;;/h5-7,11H,1-4H2;5-6H,1-4H3;5,9H,1-4H2,(H3,7,8);1H4;2*1H/q;+1;;;;/p-1/i;;;;;1+1. The van der Waals surface area contributed by atoms with Crippen LogP contribution in [0.5, 0.6) is 0 Å². The lowest BCUT2D eigenvalue weighted by atomic mass is 9.97. The van der Waals surface area contributed by atoms with Gasteiger partial charge in [0.2, 0.25) is 0 Å². The number of amidine groups is 1.